The molecule has 4 nitrogen and oxygen atoms in total. The molecule has 0 aromatic heterocycles. The van der Waals surface area contributed by atoms with Gasteiger partial charge < -0.3 is 4.90 Å². The minimum Gasteiger partial charge on any atom is -0.307 e. The van der Waals surface area contributed by atoms with Gasteiger partial charge in [-0.05, 0) is 37.9 Å². The molecule has 0 heterocycles. The van der Waals surface area contributed by atoms with Crippen molar-refractivity contribution >= 4 is 10.0 Å². The second-order valence-electron chi connectivity index (χ2n) is 5.42. The topological polar surface area (TPSA) is 49.4 Å². The Hall–Kier alpha value is -1.83. The van der Waals surface area contributed by atoms with Crippen LogP contribution in [0.1, 0.15) is 11.6 Å². The molecule has 0 aliphatic carbocycles. The molecule has 124 valence electrons. The van der Waals surface area contributed by atoms with Crippen LogP contribution in [-0.4, -0.2) is 34.0 Å². The van der Waals surface area contributed by atoms with Crippen LogP contribution in [0.15, 0.2) is 53.4 Å². The first-order valence-electron chi connectivity index (χ1n) is 6.96. The van der Waals surface area contributed by atoms with Crippen molar-refractivity contribution in [3.8, 4) is 0 Å². The van der Waals surface area contributed by atoms with Gasteiger partial charge in [-0.3, -0.25) is 0 Å². The van der Waals surface area contributed by atoms with Crippen molar-refractivity contribution in [2.45, 2.75) is 10.9 Å². The molecule has 0 spiro atoms. The van der Waals surface area contributed by atoms with Gasteiger partial charge in [-0.25, -0.2) is 21.9 Å². The van der Waals surface area contributed by atoms with Gasteiger partial charge in [0, 0.05) is 6.54 Å². The number of hydrogen-bond acceptors (Lipinski definition) is 3. The van der Waals surface area contributed by atoms with Crippen molar-refractivity contribution in [3.05, 3.63) is 65.7 Å². The second kappa shape index (κ2) is 7.16. The monoisotopic (exact) mass is 340 g/mol. The summed E-state index contributed by atoms with van der Waals surface area (Å²) in [5.74, 6) is -1.80. The average molecular weight is 340 g/mol. The smallest absolute Gasteiger partial charge is 0.244 e. The lowest BCUT2D eigenvalue weighted by Gasteiger charge is -2.23. The van der Waals surface area contributed by atoms with Gasteiger partial charge in [-0.2, -0.15) is 0 Å². The van der Waals surface area contributed by atoms with E-state index in [1.165, 1.54) is 0 Å². The van der Waals surface area contributed by atoms with E-state index in [-0.39, 0.29) is 0 Å². The molecule has 1 atom stereocenters. The highest BCUT2D eigenvalue weighted by atomic mass is 32.2. The fourth-order valence-corrected chi connectivity index (χ4v) is 3.50. The van der Waals surface area contributed by atoms with Crippen LogP contribution in [0.5, 0.6) is 0 Å². The molecule has 23 heavy (non-hydrogen) atoms. The summed E-state index contributed by atoms with van der Waals surface area (Å²) in [6.07, 6.45) is 0. The molecule has 0 unspecified atom stereocenters. The third-order valence-electron chi connectivity index (χ3n) is 3.23. The van der Waals surface area contributed by atoms with Gasteiger partial charge in [0.1, 0.15) is 16.5 Å². The largest absolute Gasteiger partial charge is 0.307 e. The van der Waals surface area contributed by atoms with E-state index in [0.29, 0.717) is 12.6 Å². The van der Waals surface area contributed by atoms with Gasteiger partial charge in [0.2, 0.25) is 10.0 Å². The lowest BCUT2D eigenvalue weighted by atomic mass is 10.1. The standard InChI is InChI=1S/C16H18F2N2O2S/c1-20(2)11-15(12-6-4-3-5-7-12)19-23(21,22)16-10-13(17)8-9-14(16)18/h3-10,15,19H,11H2,1-2H3/t15-/m0/s1. The molecular weight excluding hydrogens is 322 g/mol. The Balaban J connectivity index is 2.36. The van der Waals surface area contributed by atoms with E-state index in [1.54, 1.807) is 38.4 Å². The molecule has 2 aromatic rings. The Morgan fingerprint density at radius 1 is 1.09 bits per heavy atom. The summed E-state index contributed by atoms with van der Waals surface area (Å²) in [4.78, 5) is 1.11. The summed E-state index contributed by atoms with van der Waals surface area (Å²) >= 11 is 0. The predicted molar refractivity (Wildman–Crippen MR) is 84.4 cm³/mol. The number of nitrogens with zero attached hydrogens (tertiary/aromatic N) is 1. The third-order valence-corrected chi connectivity index (χ3v) is 4.72. The highest BCUT2D eigenvalue weighted by Crippen LogP contribution is 2.20. The van der Waals surface area contributed by atoms with Gasteiger partial charge in [0.15, 0.2) is 0 Å². The Labute approximate surface area is 134 Å². The summed E-state index contributed by atoms with van der Waals surface area (Å²) in [5, 5.41) is 0. The quantitative estimate of drug-likeness (QED) is 0.879. The summed E-state index contributed by atoms with van der Waals surface area (Å²) in [6.45, 7) is 0.375. The minimum atomic E-state index is -4.20. The Morgan fingerprint density at radius 2 is 1.74 bits per heavy atom. The zero-order valence-electron chi connectivity index (χ0n) is 12.8. The van der Waals surface area contributed by atoms with Crippen LogP contribution in [0.2, 0.25) is 0 Å². The molecule has 1 N–H and O–H groups in total. The van der Waals surface area contributed by atoms with Crippen molar-refractivity contribution in [1.82, 2.24) is 9.62 Å². The molecule has 0 fully saturated rings. The molecule has 2 rings (SSSR count). The first kappa shape index (κ1) is 17.5. The lowest BCUT2D eigenvalue weighted by Crippen LogP contribution is -2.35. The zero-order valence-corrected chi connectivity index (χ0v) is 13.6. The molecule has 7 heteroatoms. The van der Waals surface area contributed by atoms with E-state index in [2.05, 4.69) is 4.72 Å². The molecule has 0 aliphatic heterocycles. The number of benzene rings is 2. The van der Waals surface area contributed by atoms with E-state index < -0.39 is 32.6 Å². The minimum absolute atomic E-state index is 0.375. The molecule has 0 aliphatic rings. The number of sulfonamides is 1. The van der Waals surface area contributed by atoms with E-state index >= 15 is 0 Å². The molecule has 0 saturated carbocycles. The van der Waals surface area contributed by atoms with Crippen molar-refractivity contribution in [2.24, 2.45) is 0 Å². The maximum absolute atomic E-state index is 13.8. The van der Waals surface area contributed by atoms with Crippen molar-refractivity contribution < 1.29 is 17.2 Å². The maximum Gasteiger partial charge on any atom is 0.244 e. The zero-order chi connectivity index (χ0) is 17.0. The Morgan fingerprint density at radius 3 is 2.35 bits per heavy atom. The summed E-state index contributed by atoms with van der Waals surface area (Å²) in [5.41, 5.74) is 0.738. The number of hydrogen-bond donors (Lipinski definition) is 1. The number of halogens is 2. The second-order valence-corrected chi connectivity index (χ2v) is 7.10. The maximum atomic E-state index is 13.8. The highest BCUT2D eigenvalue weighted by molar-refractivity contribution is 7.89. The molecular formula is C16H18F2N2O2S. The molecule has 0 bridgehead atoms. The van der Waals surface area contributed by atoms with E-state index in [4.69, 9.17) is 0 Å². The summed E-state index contributed by atoms with van der Waals surface area (Å²) in [7, 11) is -0.601. The van der Waals surface area contributed by atoms with Gasteiger partial charge in [0.05, 0.1) is 6.04 Å². The van der Waals surface area contributed by atoms with Gasteiger partial charge in [0.25, 0.3) is 0 Å². The molecule has 0 radical (unpaired) electrons. The first-order valence-corrected chi connectivity index (χ1v) is 8.45. The summed E-state index contributed by atoms with van der Waals surface area (Å²) in [6, 6.07) is 10.7. The fraction of sp³-hybridized carbons (Fsp3) is 0.250. The van der Waals surface area contributed by atoms with Gasteiger partial charge in [-0.1, -0.05) is 30.3 Å². The third kappa shape index (κ3) is 4.57. The number of rotatable bonds is 6. The Bertz CT molecular complexity index is 765. The van der Waals surface area contributed by atoms with Crippen LogP contribution in [0, 0.1) is 11.6 Å². The van der Waals surface area contributed by atoms with E-state index in [9.17, 15) is 17.2 Å². The van der Waals surface area contributed by atoms with Crippen LogP contribution in [0.4, 0.5) is 8.78 Å². The van der Waals surface area contributed by atoms with Crippen molar-refractivity contribution in [2.75, 3.05) is 20.6 Å². The lowest BCUT2D eigenvalue weighted by molar-refractivity contribution is 0.363. The van der Waals surface area contributed by atoms with Crippen molar-refractivity contribution in [1.29, 1.82) is 0 Å². The first-order chi connectivity index (χ1) is 10.8. The molecule has 0 saturated heterocycles. The number of nitrogens with one attached hydrogen (secondary N) is 1. The van der Waals surface area contributed by atoms with Crippen LogP contribution < -0.4 is 4.72 Å². The average Bonchev–Trinajstić information content (AvgIpc) is 2.49. The fourth-order valence-electron chi connectivity index (χ4n) is 2.20. The van der Waals surface area contributed by atoms with Crippen LogP contribution in [-0.2, 0) is 10.0 Å². The van der Waals surface area contributed by atoms with E-state index in [0.717, 1.165) is 17.7 Å². The van der Waals surface area contributed by atoms with Gasteiger partial charge in [-0.15, -0.1) is 0 Å². The number of likely N-dealkylation sites (N-methyl/N-ethyl adjacent to an activating group) is 1. The summed E-state index contributed by atoms with van der Waals surface area (Å²) < 4.78 is 54.4. The molecule has 0 amide bonds. The van der Waals surface area contributed by atoms with Crippen LogP contribution >= 0.6 is 0 Å². The van der Waals surface area contributed by atoms with Crippen molar-refractivity contribution in [3.63, 3.8) is 0 Å². The predicted octanol–water partition coefficient (Wildman–Crippen LogP) is 2.55. The van der Waals surface area contributed by atoms with Crippen LogP contribution in [0.3, 0.4) is 0 Å². The normalized spacial score (nSPS) is 13.3. The Kier molecular flexibility index (Phi) is 5.46. The highest BCUT2D eigenvalue weighted by Gasteiger charge is 2.25. The SMILES string of the molecule is CN(C)C[C@H](NS(=O)(=O)c1cc(F)ccc1F)c1ccccc1. The van der Waals surface area contributed by atoms with Gasteiger partial charge >= 0.3 is 0 Å². The molecule has 2 aromatic carbocycles. The van der Waals surface area contributed by atoms with E-state index in [1.807, 2.05) is 11.0 Å². The van der Waals surface area contributed by atoms with Crippen LogP contribution in [0.25, 0.3) is 0 Å².